The molecule has 2 unspecified atom stereocenters. The van der Waals surface area contributed by atoms with Crippen LogP contribution >= 0.6 is 0 Å². The molecule has 4 nitrogen and oxygen atoms in total. The molecule has 4 heteroatoms. The van der Waals surface area contributed by atoms with E-state index in [9.17, 15) is 4.79 Å². The summed E-state index contributed by atoms with van der Waals surface area (Å²) < 4.78 is 0. The molecule has 2 atom stereocenters. The summed E-state index contributed by atoms with van der Waals surface area (Å²) in [6.07, 6.45) is 5.36. The van der Waals surface area contributed by atoms with Crippen LogP contribution in [0.4, 0.5) is 0 Å². The third kappa shape index (κ3) is 5.05. The molecule has 102 valence electrons. The summed E-state index contributed by atoms with van der Waals surface area (Å²) >= 11 is 0. The lowest BCUT2D eigenvalue weighted by molar-refractivity contribution is -0.124. The van der Waals surface area contributed by atoms with E-state index < -0.39 is 5.92 Å². The van der Waals surface area contributed by atoms with Gasteiger partial charge in [-0.05, 0) is 39.3 Å². The quantitative estimate of drug-likeness (QED) is 0.784. The van der Waals surface area contributed by atoms with Crippen LogP contribution in [0.15, 0.2) is 0 Å². The van der Waals surface area contributed by atoms with Crippen LogP contribution in [0.3, 0.4) is 0 Å². The number of piperidine rings is 1. The van der Waals surface area contributed by atoms with Gasteiger partial charge in [-0.2, -0.15) is 5.26 Å². The summed E-state index contributed by atoms with van der Waals surface area (Å²) in [6, 6.07) is 2.21. The topological polar surface area (TPSA) is 56.1 Å². The first-order valence-corrected chi connectivity index (χ1v) is 7.09. The standard InChI is InChI=1S/C14H25N3O/c1-3-7-13(10-15)14(18)16-12(2)11-17-8-5-4-6-9-17/h12-13H,3-9,11H2,1-2H3,(H,16,18). The molecule has 18 heavy (non-hydrogen) atoms. The van der Waals surface area contributed by atoms with Crippen molar-refractivity contribution < 1.29 is 4.79 Å². The van der Waals surface area contributed by atoms with Crippen molar-refractivity contribution in [2.24, 2.45) is 5.92 Å². The number of amides is 1. The average Bonchev–Trinajstić information content (AvgIpc) is 2.36. The highest BCUT2D eigenvalue weighted by Gasteiger charge is 2.20. The summed E-state index contributed by atoms with van der Waals surface area (Å²) in [5.74, 6) is -0.595. The number of carbonyl (C=O) groups excluding carboxylic acids is 1. The maximum Gasteiger partial charge on any atom is 0.237 e. The molecular formula is C14H25N3O. The third-order valence-electron chi connectivity index (χ3n) is 3.42. The SMILES string of the molecule is CCCC(C#N)C(=O)NC(C)CN1CCCCC1. The Hall–Kier alpha value is -1.08. The Kier molecular flexibility index (Phi) is 6.74. The second-order valence-electron chi connectivity index (χ2n) is 5.24. The van der Waals surface area contributed by atoms with Gasteiger partial charge in [0.2, 0.25) is 5.91 Å². The number of hydrogen-bond donors (Lipinski definition) is 1. The lowest BCUT2D eigenvalue weighted by Crippen LogP contribution is -2.45. The van der Waals surface area contributed by atoms with Crippen LogP contribution in [0.2, 0.25) is 0 Å². The Bertz CT molecular complexity index is 292. The monoisotopic (exact) mass is 251 g/mol. The van der Waals surface area contributed by atoms with Crippen LogP contribution in [0.25, 0.3) is 0 Å². The first-order chi connectivity index (χ1) is 8.67. The Morgan fingerprint density at radius 1 is 1.39 bits per heavy atom. The van der Waals surface area contributed by atoms with E-state index in [4.69, 9.17) is 5.26 Å². The van der Waals surface area contributed by atoms with Crippen molar-refractivity contribution in [2.45, 2.75) is 52.0 Å². The molecule has 1 fully saturated rings. The Morgan fingerprint density at radius 3 is 2.61 bits per heavy atom. The van der Waals surface area contributed by atoms with E-state index in [2.05, 4.69) is 16.3 Å². The van der Waals surface area contributed by atoms with E-state index in [-0.39, 0.29) is 11.9 Å². The summed E-state index contributed by atoms with van der Waals surface area (Å²) in [5.41, 5.74) is 0. The summed E-state index contributed by atoms with van der Waals surface area (Å²) in [4.78, 5) is 14.3. The number of likely N-dealkylation sites (tertiary alicyclic amines) is 1. The molecule has 1 rings (SSSR count). The molecule has 0 bridgehead atoms. The zero-order valence-corrected chi connectivity index (χ0v) is 11.6. The predicted molar refractivity (Wildman–Crippen MR) is 71.9 cm³/mol. The highest BCUT2D eigenvalue weighted by Crippen LogP contribution is 2.09. The molecule has 1 aliphatic rings. The summed E-state index contributed by atoms with van der Waals surface area (Å²) in [5, 5.41) is 11.9. The molecule has 0 aliphatic carbocycles. The van der Waals surface area contributed by atoms with Crippen molar-refractivity contribution >= 4 is 5.91 Å². The first-order valence-electron chi connectivity index (χ1n) is 7.09. The fourth-order valence-electron chi connectivity index (χ4n) is 2.46. The van der Waals surface area contributed by atoms with Crippen molar-refractivity contribution in [1.82, 2.24) is 10.2 Å². The van der Waals surface area contributed by atoms with Crippen LogP contribution in [0.1, 0.15) is 46.0 Å². The van der Waals surface area contributed by atoms with Crippen LogP contribution < -0.4 is 5.32 Å². The Labute approximate surface area is 110 Å². The predicted octanol–water partition coefficient (Wildman–Crippen LogP) is 1.92. The van der Waals surface area contributed by atoms with Gasteiger partial charge in [-0.15, -0.1) is 0 Å². The van der Waals surface area contributed by atoms with Gasteiger partial charge in [-0.1, -0.05) is 19.8 Å². The normalized spacial score (nSPS) is 19.8. The van der Waals surface area contributed by atoms with E-state index in [0.29, 0.717) is 6.42 Å². The van der Waals surface area contributed by atoms with Crippen LogP contribution in [-0.2, 0) is 4.79 Å². The zero-order chi connectivity index (χ0) is 13.4. The molecule has 0 spiro atoms. The van der Waals surface area contributed by atoms with E-state index in [1.54, 1.807) is 0 Å². The molecule has 1 heterocycles. The smallest absolute Gasteiger partial charge is 0.237 e. The van der Waals surface area contributed by atoms with Crippen molar-refractivity contribution in [1.29, 1.82) is 5.26 Å². The lowest BCUT2D eigenvalue weighted by atomic mass is 10.0. The van der Waals surface area contributed by atoms with Gasteiger partial charge in [-0.25, -0.2) is 0 Å². The minimum Gasteiger partial charge on any atom is -0.351 e. The highest BCUT2D eigenvalue weighted by atomic mass is 16.1. The second kappa shape index (κ2) is 8.10. The van der Waals surface area contributed by atoms with Crippen molar-refractivity contribution in [3.05, 3.63) is 0 Å². The number of hydrogen-bond acceptors (Lipinski definition) is 3. The van der Waals surface area contributed by atoms with Crippen LogP contribution in [0.5, 0.6) is 0 Å². The molecule has 1 N–H and O–H groups in total. The fraction of sp³-hybridized carbons (Fsp3) is 0.857. The second-order valence-corrected chi connectivity index (χ2v) is 5.24. The Balaban J connectivity index is 2.31. The van der Waals surface area contributed by atoms with Gasteiger partial charge in [0, 0.05) is 12.6 Å². The zero-order valence-electron chi connectivity index (χ0n) is 11.6. The maximum atomic E-state index is 11.9. The van der Waals surface area contributed by atoms with Gasteiger partial charge in [0.05, 0.1) is 6.07 Å². The van der Waals surface area contributed by atoms with E-state index in [0.717, 1.165) is 26.1 Å². The number of nitrogens with one attached hydrogen (secondary N) is 1. The van der Waals surface area contributed by atoms with Crippen LogP contribution in [-0.4, -0.2) is 36.5 Å². The minimum absolute atomic E-state index is 0.108. The van der Waals surface area contributed by atoms with Gasteiger partial charge in [0.25, 0.3) is 0 Å². The summed E-state index contributed by atoms with van der Waals surface area (Å²) in [7, 11) is 0. The molecule has 1 amide bonds. The number of nitriles is 1. The van der Waals surface area contributed by atoms with Crippen LogP contribution in [0, 0.1) is 17.2 Å². The first kappa shape index (κ1) is 15.0. The highest BCUT2D eigenvalue weighted by molar-refractivity contribution is 5.81. The van der Waals surface area contributed by atoms with Crippen molar-refractivity contribution in [3.63, 3.8) is 0 Å². The lowest BCUT2D eigenvalue weighted by Gasteiger charge is -2.29. The number of nitrogens with zero attached hydrogens (tertiary/aromatic N) is 2. The molecular weight excluding hydrogens is 226 g/mol. The molecule has 0 aromatic rings. The summed E-state index contributed by atoms with van der Waals surface area (Å²) in [6.45, 7) is 7.19. The molecule has 0 saturated carbocycles. The average molecular weight is 251 g/mol. The number of carbonyl (C=O) groups is 1. The largest absolute Gasteiger partial charge is 0.351 e. The van der Waals surface area contributed by atoms with E-state index in [1.165, 1.54) is 19.3 Å². The van der Waals surface area contributed by atoms with E-state index >= 15 is 0 Å². The molecule has 1 aliphatic heterocycles. The van der Waals surface area contributed by atoms with Gasteiger partial charge >= 0.3 is 0 Å². The maximum absolute atomic E-state index is 11.9. The Morgan fingerprint density at radius 2 is 2.06 bits per heavy atom. The molecule has 1 saturated heterocycles. The number of rotatable bonds is 6. The van der Waals surface area contributed by atoms with Gasteiger partial charge in [-0.3, -0.25) is 4.79 Å². The van der Waals surface area contributed by atoms with Gasteiger partial charge < -0.3 is 10.2 Å². The molecule has 0 aromatic carbocycles. The van der Waals surface area contributed by atoms with Gasteiger partial charge in [0.1, 0.15) is 5.92 Å². The third-order valence-corrected chi connectivity index (χ3v) is 3.42. The molecule has 0 radical (unpaired) electrons. The van der Waals surface area contributed by atoms with Gasteiger partial charge in [0.15, 0.2) is 0 Å². The molecule has 0 aromatic heterocycles. The van der Waals surface area contributed by atoms with Crippen molar-refractivity contribution in [3.8, 4) is 6.07 Å². The van der Waals surface area contributed by atoms with Crippen molar-refractivity contribution in [2.75, 3.05) is 19.6 Å². The fourth-order valence-corrected chi connectivity index (χ4v) is 2.46. The van der Waals surface area contributed by atoms with E-state index in [1.807, 2.05) is 13.8 Å². The minimum atomic E-state index is -0.487.